The fourth-order valence-corrected chi connectivity index (χ4v) is 6.99. The number of nitrogens with one attached hydrogen (secondary N) is 1. The van der Waals surface area contributed by atoms with Gasteiger partial charge in [0, 0.05) is 24.4 Å². The van der Waals surface area contributed by atoms with Crippen LogP contribution in [0.2, 0.25) is 0 Å². The number of rotatable bonds is 17. The van der Waals surface area contributed by atoms with E-state index in [-0.39, 0.29) is 29.5 Å². The third kappa shape index (κ3) is 9.54. The first-order chi connectivity index (χ1) is 23.2. The van der Waals surface area contributed by atoms with Crippen LogP contribution in [0.3, 0.4) is 0 Å². The summed E-state index contributed by atoms with van der Waals surface area (Å²) in [6, 6.07) is 28.9. The number of hydrogen-bond acceptors (Lipinski definition) is 7. The highest BCUT2D eigenvalue weighted by atomic mass is 32.2. The highest BCUT2D eigenvalue weighted by Gasteiger charge is 2.34. The molecule has 0 aromatic heterocycles. The van der Waals surface area contributed by atoms with Crippen LogP contribution in [0.1, 0.15) is 31.4 Å². The van der Waals surface area contributed by atoms with Crippen molar-refractivity contribution in [1.29, 1.82) is 0 Å². The van der Waals surface area contributed by atoms with Crippen molar-refractivity contribution in [3.8, 4) is 11.5 Å². The van der Waals surface area contributed by atoms with Crippen molar-refractivity contribution in [2.45, 2.75) is 49.1 Å². The predicted octanol–water partition coefficient (Wildman–Crippen LogP) is 6.18. The average Bonchev–Trinajstić information content (AvgIpc) is 3.12. The average molecular weight is 690 g/mol. The molecule has 1 atom stereocenters. The molecule has 11 heteroatoms. The van der Waals surface area contributed by atoms with E-state index >= 15 is 0 Å². The largest absolute Gasteiger partial charge is 0.497 e. The van der Waals surface area contributed by atoms with Crippen molar-refractivity contribution in [1.82, 2.24) is 10.2 Å². The van der Waals surface area contributed by atoms with E-state index in [2.05, 4.69) is 5.32 Å². The molecular formula is C37H43N3O6S2. The molecule has 0 spiro atoms. The van der Waals surface area contributed by atoms with Gasteiger partial charge in [0.15, 0.2) is 0 Å². The highest BCUT2D eigenvalue weighted by Crippen LogP contribution is 2.28. The van der Waals surface area contributed by atoms with Gasteiger partial charge in [0.25, 0.3) is 10.0 Å². The van der Waals surface area contributed by atoms with Gasteiger partial charge in [-0.2, -0.15) is 0 Å². The zero-order valence-corrected chi connectivity index (χ0v) is 29.4. The molecule has 0 aliphatic heterocycles. The summed E-state index contributed by atoms with van der Waals surface area (Å²) in [6.45, 7) is 4.20. The van der Waals surface area contributed by atoms with Gasteiger partial charge in [-0.25, -0.2) is 8.42 Å². The summed E-state index contributed by atoms with van der Waals surface area (Å²) >= 11 is 1.50. The molecule has 0 radical (unpaired) electrons. The molecule has 0 unspecified atom stereocenters. The normalized spacial score (nSPS) is 11.8. The molecule has 2 amide bonds. The number of benzene rings is 4. The summed E-state index contributed by atoms with van der Waals surface area (Å²) in [5, 5.41) is 2.96. The van der Waals surface area contributed by atoms with Gasteiger partial charge in [0.1, 0.15) is 24.1 Å². The van der Waals surface area contributed by atoms with Crippen molar-refractivity contribution < 1.29 is 27.5 Å². The van der Waals surface area contributed by atoms with Crippen LogP contribution in [0.25, 0.3) is 0 Å². The molecule has 0 fully saturated rings. The Balaban J connectivity index is 1.80. The van der Waals surface area contributed by atoms with Gasteiger partial charge in [0.2, 0.25) is 11.8 Å². The van der Waals surface area contributed by atoms with E-state index in [4.69, 9.17) is 9.47 Å². The molecule has 9 nitrogen and oxygen atoms in total. The third-order valence-electron chi connectivity index (χ3n) is 7.67. The zero-order valence-electron chi connectivity index (χ0n) is 27.8. The quantitative estimate of drug-likeness (QED) is 0.132. The minimum atomic E-state index is -4.22. The Morgan fingerprint density at radius 3 is 2.17 bits per heavy atom. The molecule has 0 aliphatic carbocycles. The summed E-state index contributed by atoms with van der Waals surface area (Å²) in [6.07, 6.45) is 2.86. The first kappa shape index (κ1) is 36.4. The number of hydrogen-bond donors (Lipinski definition) is 1. The monoisotopic (exact) mass is 689 g/mol. The maximum absolute atomic E-state index is 14.6. The van der Waals surface area contributed by atoms with Gasteiger partial charge >= 0.3 is 0 Å². The molecule has 48 heavy (non-hydrogen) atoms. The van der Waals surface area contributed by atoms with Crippen molar-refractivity contribution >= 4 is 39.3 Å². The van der Waals surface area contributed by atoms with Gasteiger partial charge in [-0.1, -0.05) is 49.4 Å². The zero-order chi connectivity index (χ0) is 34.5. The second-order valence-corrected chi connectivity index (χ2v) is 13.7. The van der Waals surface area contributed by atoms with Crippen molar-refractivity contribution in [2.75, 3.05) is 37.4 Å². The Labute approximate surface area is 288 Å². The van der Waals surface area contributed by atoms with E-state index in [0.29, 0.717) is 31.1 Å². The fourth-order valence-electron chi connectivity index (χ4n) is 5.17. The number of ether oxygens (including phenoxy) is 2. The molecule has 4 rings (SSSR count). The van der Waals surface area contributed by atoms with Crippen molar-refractivity contribution in [2.24, 2.45) is 0 Å². The van der Waals surface area contributed by atoms with Gasteiger partial charge in [-0.05, 0) is 91.4 Å². The van der Waals surface area contributed by atoms with Crippen LogP contribution in [-0.4, -0.2) is 64.2 Å². The molecule has 0 bridgehead atoms. The SMILES string of the molecule is CCCNC(=O)[C@@H](Cc1ccccc1)N(Cc1cccc(OC)c1)C(=O)CN(c1ccc(OCC)cc1)S(=O)(=O)c1ccc(SC)cc1. The molecule has 4 aromatic carbocycles. The smallest absolute Gasteiger partial charge is 0.264 e. The van der Waals surface area contributed by atoms with E-state index in [1.807, 2.05) is 62.6 Å². The number of sulfonamides is 1. The van der Waals surface area contributed by atoms with E-state index in [1.165, 1.54) is 28.8 Å². The second kappa shape index (κ2) is 17.6. The highest BCUT2D eigenvalue weighted by molar-refractivity contribution is 7.98. The lowest BCUT2D eigenvalue weighted by molar-refractivity contribution is -0.140. The molecule has 1 N–H and O–H groups in total. The first-order valence-corrected chi connectivity index (χ1v) is 18.5. The predicted molar refractivity (Wildman–Crippen MR) is 191 cm³/mol. The minimum Gasteiger partial charge on any atom is -0.497 e. The lowest BCUT2D eigenvalue weighted by Gasteiger charge is -2.34. The number of anilines is 1. The maximum atomic E-state index is 14.6. The van der Waals surface area contributed by atoms with Gasteiger partial charge < -0.3 is 19.7 Å². The number of nitrogens with zero attached hydrogens (tertiary/aromatic N) is 2. The van der Waals surface area contributed by atoms with Crippen LogP contribution >= 0.6 is 11.8 Å². The topological polar surface area (TPSA) is 105 Å². The van der Waals surface area contributed by atoms with Gasteiger partial charge in [-0.15, -0.1) is 11.8 Å². The van der Waals surface area contributed by atoms with Gasteiger partial charge in [-0.3, -0.25) is 13.9 Å². The number of methoxy groups -OCH3 is 1. The van der Waals surface area contributed by atoms with Crippen LogP contribution < -0.4 is 19.1 Å². The molecule has 0 saturated carbocycles. The van der Waals surface area contributed by atoms with E-state index in [9.17, 15) is 18.0 Å². The Bertz CT molecular complexity index is 1730. The van der Waals surface area contributed by atoms with Crippen molar-refractivity contribution in [3.05, 3.63) is 114 Å². The Morgan fingerprint density at radius 2 is 1.54 bits per heavy atom. The fraction of sp³-hybridized carbons (Fsp3) is 0.297. The Kier molecular flexibility index (Phi) is 13.3. The lowest BCUT2D eigenvalue weighted by Crippen LogP contribution is -2.53. The molecule has 0 aliphatic rings. The van der Waals surface area contributed by atoms with Crippen LogP contribution in [0.4, 0.5) is 5.69 Å². The lowest BCUT2D eigenvalue weighted by atomic mass is 10.0. The van der Waals surface area contributed by atoms with E-state index in [1.54, 1.807) is 55.6 Å². The number of amides is 2. The minimum absolute atomic E-state index is 0.0443. The third-order valence-corrected chi connectivity index (χ3v) is 10.2. The van der Waals surface area contributed by atoms with Crippen LogP contribution in [-0.2, 0) is 32.6 Å². The maximum Gasteiger partial charge on any atom is 0.264 e. The molecular weight excluding hydrogens is 647 g/mol. The van der Waals surface area contributed by atoms with E-state index < -0.39 is 28.5 Å². The van der Waals surface area contributed by atoms with Gasteiger partial charge in [0.05, 0.1) is 24.3 Å². The first-order valence-electron chi connectivity index (χ1n) is 15.8. The number of thioether (sulfide) groups is 1. The second-order valence-electron chi connectivity index (χ2n) is 11.0. The Morgan fingerprint density at radius 1 is 0.854 bits per heavy atom. The van der Waals surface area contributed by atoms with Crippen LogP contribution in [0.5, 0.6) is 11.5 Å². The molecule has 254 valence electrons. The van der Waals surface area contributed by atoms with Crippen molar-refractivity contribution in [3.63, 3.8) is 0 Å². The van der Waals surface area contributed by atoms with Crippen LogP contribution in [0, 0.1) is 0 Å². The summed E-state index contributed by atoms with van der Waals surface area (Å²) < 4.78 is 40.7. The summed E-state index contributed by atoms with van der Waals surface area (Å²) in [5.74, 6) is 0.315. The summed E-state index contributed by atoms with van der Waals surface area (Å²) in [5.41, 5.74) is 1.88. The summed E-state index contributed by atoms with van der Waals surface area (Å²) in [7, 11) is -2.66. The molecule has 4 aromatic rings. The Hall–Kier alpha value is -4.48. The molecule has 0 heterocycles. The van der Waals surface area contributed by atoms with E-state index in [0.717, 1.165) is 20.3 Å². The molecule has 0 saturated heterocycles. The van der Waals surface area contributed by atoms with Crippen LogP contribution in [0.15, 0.2) is 113 Å². The number of carbonyl (C=O) groups is 2. The number of carbonyl (C=O) groups excluding carboxylic acids is 2. The summed E-state index contributed by atoms with van der Waals surface area (Å²) in [4.78, 5) is 30.9. The standard InChI is InChI=1S/C37H43N3O6S2/c1-5-23-38-37(42)35(25-28-11-8-7-9-12-28)39(26-29-13-10-14-32(24-29)45-3)36(41)27-40(30-15-17-31(18-16-30)46-6-2)48(43,44)34-21-19-33(47-4)20-22-34/h7-22,24,35H,5-6,23,25-27H2,1-4H3,(H,38,42)/t35-/m1/s1.